The van der Waals surface area contributed by atoms with Gasteiger partial charge in [0.2, 0.25) is 5.91 Å². The van der Waals surface area contributed by atoms with Gasteiger partial charge in [0.25, 0.3) is 0 Å². The van der Waals surface area contributed by atoms with Crippen LogP contribution in [0.2, 0.25) is 10.0 Å². The zero-order valence-corrected chi connectivity index (χ0v) is 9.91. The number of rotatable bonds is 1. The van der Waals surface area contributed by atoms with Crippen molar-refractivity contribution >= 4 is 34.8 Å². The number of hydrogen-bond acceptors (Lipinski definition) is 1. The Kier molecular flexibility index (Phi) is 6.34. The molecule has 2 nitrogen and oxygen atoms in total. The van der Waals surface area contributed by atoms with Gasteiger partial charge in [0, 0.05) is 11.9 Å². The van der Waals surface area contributed by atoms with Gasteiger partial charge in [-0.25, -0.2) is 0 Å². The number of carbonyl (C=O) groups excluding carboxylic acids is 1. The molecule has 1 N–H and O–H groups in total. The Labute approximate surface area is 94.2 Å². The van der Waals surface area contributed by atoms with E-state index in [1.807, 2.05) is 13.8 Å². The second kappa shape index (κ2) is 6.68. The van der Waals surface area contributed by atoms with Gasteiger partial charge in [-0.2, -0.15) is 0 Å². The van der Waals surface area contributed by atoms with E-state index in [0.29, 0.717) is 15.7 Å². The number of carbonyl (C=O) groups is 1. The number of anilines is 1. The summed E-state index contributed by atoms with van der Waals surface area (Å²) in [4.78, 5) is 10.7. The summed E-state index contributed by atoms with van der Waals surface area (Å²) in [6.07, 6.45) is 0. The van der Waals surface area contributed by atoms with Crippen molar-refractivity contribution in [1.29, 1.82) is 0 Å². The van der Waals surface area contributed by atoms with Crippen molar-refractivity contribution in [1.82, 2.24) is 0 Å². The van der Waals surface area contributed by atoms with Crippen LogP contribution in [-0.4, -0.2) is 5.91 Å². The average molecular weight is 234 g/mol. The fourth-order valence-corrected chi connectivity index (χ4v) is 1.12. The molecule has 14 heavy (non-hydrogen) atoms. The monoisotopic (exact) mass is 233 g/mol. The molecule has 4 heteroatoms. The lowest BCUT2D eigenvalue weighted by molar-refractivity contribution is -0.114. The predicted octanol–water partition coefficient (Wildman–Crippen LogP) is 3.98. The van der Waals surface area contributed by atoms with E-state index in [4.69, 9.17) is 23.2 Å². The van der Waals surface area contributed by atoms with Gasteiger partial charge in [-0.1, -0.05) is 37.0 Å². The second-order valence-electron chi connectivity index (χ2n) is 2.31. The van der Waals surface area contributed by atoms with Gasteiger partial charge in [-0.3, -0.25) is 4.79 Å². The van der Waals surface area contributed by atoms with Crippen molar-refractivity contribution in [3.05, 3.63) is 28.2 Å². The van der Waals surface area contributed by atoms with Gasteiger partial charge in [0.05, 0.1) is 10.7 Å². The molecule has 0 aromatic heterocycles. The highest BCUT2D eigenvalue weighted by Crippen LogP contribution is 2.25. The fraction of sp³-hybridized carbons (Fsp3) is 0.300. The van der Waals surface area contributed by atoms with Crippen LogP contribution in [0.3, 0.4) is 0 Å². The van der Waals surface area contributed by atoms with Crippen LogP contribution in [0.15, 0.2) is 18.2 Å². The molecule has 0 aliphatic heterocycles. The summed E-state index contributed by atoms with van der Waals surface area (Å²) in [6.45, 7) is 5.41. The molecule has 0 saturated heterocycles. The maximum Gasteiger partial charge on any atom is 0.221 e. The Hall–Kier alpha value is -0.730. The number of nitrogens with one attached hydrogen (secondary N) is 1. The van der Waals surface area contributed by atoms with Crippen molar-refractivity contribution in [3.8, 4) is 0 Å². The van der Waals surface area contributed by atoms with Crippen LogP contribution in [0.25, 0.3) is 0 Å². The molecule has 78 valence electrons. The van der Waals surface area contributed by atoms with E-state index in [-0.39, 0.29) is 5.91 Å². The second-order valence-corrected chi connectivity index (χ2v) is 3.15. The van der Waals surface area contributed by atoms with Crippen molar-refractivity contribution in [2.24, 2.45) is 0 Å². The Bertz CT molecular complexity index is 313. The molecule has 0 fully saturated rings. The fourth-order valence-electron chi connectivity index (χ4n) is 0.783. The minimum Gasteiger partial charge on any atom is -0.325 e. The maximum atomic E-state index is 10.7. The van der Waals surface area contributed by atoms with E-state index in [2.05, 4.69) is 5.32 Å². The summed E-state index contributed by atoms with van der Waals surface area (Å²) in [5.41, 5.74) is 0.539. The van der Waals surface area contributed by atoms with E-state index >= 15 is 0 Å². The van der Waals surface area contributed by atoms with E-state index in [0.717, 1.165) is 0 Å². The SMILES string of the molecule is CC.CC(=O)Nc1cc(Cl)ccc1Cl. The van der Waals surface area contributed by atoms with Crippen LogP contribution in [0.4, 0.5) is 5.69 Å². The predicted molar refractivity (Wildman–Crippen MR) is 62.1 cm³/mol. The molecule has 0 aliphatic rings. The van der Waals surface area contributed by atoms with Crippen molar-refractivity contribution in [3.63, 3.8) is 0 Å². The van der Waals surface area contributed by atoms with Gasteiger partial charge in [0.15, 0.2) is 0 Å². The summed E-state index contributed by atoms with van der Waals surface area (Å²) < 4.78 is 0. The summed E-state index contributed by atoms with van der Waals surface area (Å²) in [7, 11) is 0. The molecule has 1 aromatic carbocycles. The number of hydrogen-bond donors (Lipinski definition) is 1. The zero-order valence-electron chi connectivity index (χ0n) is 8.40. The molecule has 0 atom stereocenters. The minimum atomic E-state index is -0.167. The zero-order chi connectivity index (χ0) is 11.1. The average Bonchev–Trinajstić information content (AvgIpc) is 2.14. The van der Waals surface area contributed by atoms with Crippen LogP contribution in [0.1, 0.15) is 20.8 Å². The lowest BCUT2D eigenvalue weighted by Crippen LogP contribution is -2.05. The highest BCUT2D eigenvalue weighted by Gasteiger charge is 2.01. The Morgan fingerprint density at radius 1 is 1.29 bits per heavy atom. The van der Waals surface area contributed by atoms with Gasteiger partial charge in [0.1, 0.15) is 0 Å². The van der Waals surface area contributed by atoms with Gasteiger partial charge in [-0.05, 0) is 18.2 Å². The molecule has 0 spiro atoms. The molecular formula is C10H13Cl2NO. The van der Waals surface area contributed by atoms with E-state index in [1.54, 1.807) is 18.2 Å². The molecule has 0 radical (unpaired) electrons. The van der Waals surface area contributed by atoms with Crippen LogP contribution < -0.4 is 5.32 Å². The summed E-state index contributed by atoms with van der Waals surface area (Å²) in [5.74, 6) is -0.167. The molecule has 1 rings (SSSR count). The van der Waals surface area contributed by atoms with Crippen molar-refractivity contribution < 1.29 is 4.79 Å². The highest BCUT2D eigenvalue weighted by molar-refractivity contribution is 6.35. The number of halogens is 2. The third-order valence-electron chi connectivity index (χ3n) is 1.24. The first-order valence-corrected chi connectivity index (χ1v) is 5.08. The van der Waals surface area contributed by atoms with Crippen LogP contribution in [-0.2, 0) is 4.79 Å². The summed E-state index contributed by atoms with van der Waals surface area (Å²) >= 11 is 11.5. The van der Waals surface area contributed by atoms with Crippen molar-refractivity contribution in [2.45, 2.75) is 20.8 Å². The number of amides is 1. The van der Waals surface area contributed by atoms with Gasteiger partial charge in [-0.15, -0.1) is 0 Å². The van der Waals surface area contributed by atoms with Crippen LogP contribution >= 0.6 is 23.2 Å². The minimum absolute atomic E-state index is 0.167. The standard InChI is InChI=1S/C8H7Cl2NO.C2H6/c1-5(12)11-8-4-6(9)2-3-7(8)10;1-2/h2-4H,1H3,(H,11,12);1-2H3. The van der Waals surface area contributed by atoms with Crippen molar-refractivity contribution in [2.75, 3.05) is 5.32 Å². The van der Waals surface area contributed by atoms with Crippen LogP contribution in [0.5, 0.6) is 0 Å². The molecule has 0 saturated carbocycles. The lowest BCUT2D eigenvalue weighted by Gasteiger charge is -2.03. The quantitative estimate of drug-likeness (QED) is 0.782. The Morgan fingerprint density at radius 3 is 2.36 bits per heavy atom. The molecule has 0 heterocycles. The smallest absolute Gasteiger partial charge is 0.221 e. The molecule has 0 aliphatic carbocycles. The van der Waals surface area contributed by atoms with E-state index in [9.17, 15) is 4.79 Å². The highest BCUT2D eigenvalue weighted by atomic mass is 35.5. The maximum absolute atomic E-state index is 10.7. The first kappa shape index (κ1) is 13.3. The largest absolute Gasteiger partial charge is 0.325 e. The molecule has 0 bridgehead atoms. The van der Waals surface area contributed by atoms with Crippen LogP contribution in [0, 0.1) is 0 Å². The first-order valence-electron chi connectivity index (χ1n) is 4.32. The third-order valence-corrected chi connectivity index (χ3v) is 1.80. The third kappa shape index (κ3) is 4.49. The Balaban J connectivity index is 0.000000791. The first-order chi connectivity index (χ1) is 6.59. The topological polar surface area (TPSA) is 29.1 Å². The molecule has 1 amide bonds. The Morgan fingerprint density at radius 2 is 1.86 bits per heavy atom. The van der Waals surface area contributed by atoms with E-state index in [1.165, 1.54) is 6.92 Å². The molecular weight excluding hydrogens is 221 g/mol. The van der Waals surface area contributed by atoms with Gasteiger partial charge < -0.3 is 5.32 Å². The summed E-state index contributed by atoms with van der Waals surface area (Å²) in [5, 5.41) is 3.58. The normalized spacial score (nSPS) is 8.64. The molecule has 1 aromatic rings. The summed E-state index contributed by atoms with van der Waals surface area (Å²) in [6, 6.07) is 4.90. The number of benzene rings is 1. The molecule has 0 unspecified atom stereocenters. The van der Waals surface area contributed by atoms with E-state index < -0.39 is 0 Å². The van der Waals surface area contributed by atoms with Gasteiger partial charge >= 0.3 is 0 Å². The lowest BCUT2D eigenvalue weighted by atomic mass is 10.3.